The minimum atomic E-state index is -2.93. The van der Waals surface area contributed by atoms with Gasteiger partial charge < -0.3 is 10.1 Å². The third-order valence-corrected chi connectivity index (χ3v) is 3.79. The number of hydrogen-bond acceptors (Lipinski definition) is 4. The fourth-order valence-corrected chi connectivity index (χ4v) is 2.63. The van der Waals surface area contributed by atoms with Crippen LogP contribution in [0.2, 0.25) is 5.02 Å². The number of benzene rings is 2. The molecule has 128 valence electrons. The Balaban J connectivity index is 1.98. The molecule has 0 saturated heterocycles. The molecule has 0 spiro atoms. The number of halogens is 3. The van der Waals surface area contributed by atoms with E-state index in [-0.39, 0.29) is 22.0 Å². The number of nitro benzene ring substituents is 1. The second kappa shape index (κ2) is 6.48. The van der Waals surface area contributed by atoms with Crippen LogP contribution in [0.4, 0.5) is 20.2 Å². The SMILES string of the molecule is O=C1Nc2cc(Cl)c([N+](=O)[O-])cc2/C1=C/c1ccc(OC(F)F)cc1. The lowest BCUT2D eigenvalue weighted by Crippen LogP contribution is -2.03. The first kappa shape index (κ1) is 16.8. The fraction of sp³-hybridized carbons (Fsp3) is 0.0625. The van der Waals surface area contributed by atoms with Gasteiger partial charge in [0.15, 0.2) is 0 Å². The molecule has 2 aromatic carbocycles. The molecule has 0 saturated carbocycles. The van der Waals surface area contributed by atoms with Gasteiger partial charge in [0.25, 0.3) is 11.6 Å². The van der Waals surface area contributed by atoms with E-state index in [2.05, 4.69) is 10.1 Å². The number of fused-ring (bicyclic) bond motifs is 1. The minimum absolute atomic E-state index is 0.0177. The number of anilines is 1. The average Bonchev–Trinajstić information content (AvgIpc) is 2.82. The summed E-state index contributed by atoms with van der Waals surface area (Å²) in [6, 6.07) is 8.16. The zero-order valence-electron chi connectivity index (χ0n) is 12.3. The third kappa shape index (κ3) is 3.43. The Morgan fingerprint density at radius 2 is 1.92 bits per heavy atom. The Kier molecular flexibility index (Phi) is 4.37. The van der Waals surface area contributed by atoms with Crippen LogP contribution in [-0.4, -0.2) is 17.4 Å². The van der Waals surface area contributed by atoms with Crippen molar-refractivity contribution in [1.82, 2.24) is 0 Å². The first-order valence-corrected chi connectivity index (χ1v) is 7.29. The van der Waals surface area contributed by atoms with E-state index in [1.54, 1.807) is 0 Å². The van der Waals surface area contributed by atoms with Crippen molar-refractivity contribution in [2.75, 3.05) is 5.32 Å². The molecule has 0 unspecified atom stereocenters. The molecule has 9 heteroatoms. The van der Waals surface area contributed by atoms with Gasteiger partial charge in [-0.15, -0.1) is 0 Å². The van der Waals surface area contributed by atoms with Crippen LogP contribution >= 0.6 is 11.6 Å². The largest absolute Gasteiger partial charge is 0.435 e. The van der Waals surface area contributed by atoms with Crippen molar-refractivity contribution in [3.05, 3.63) is 62.7 Å². The van der Waals surface area contributed by atoms with Crippen molar-refractivity contribution in [2.45, 2.75) is 6.61 Å². The molecule has 1 amide bonds. The first-order chi connectivity index (χ1) is 11.8. The molecule has 1 aliphatic rings. The highest BCUT2D eigenvalue weighted by molar-refractivity contribution is 6.37. The molecule has 6 nitrogen and oxygen atoms in total. The molecule has 0 bridgehead atoms. The topological polar surface area (TPSA) is 81.5 Å². The summed E-state index contributed by atoms with van der Waals surface area (Å²) in [5.74, 6) is -0.463. The predicted octanol–water partition coefficient (Wildman–Crippen LogP) is 4.34. The summed E-state index contributed by atoms with van der Waals surface area (Å²) in [6.45, 7) is -2.93. The number of alkyl halides is 2. The molecule has 0 radical (unpaired) electrons. The number of ether oxygens (including phenoxy) is 1. The second-order valence-corrected chi connectivity index (χ2v) is 5.47. The maximum atomic E-state index is 12.1. The highest BCUT2D eigenvalue weighted by Gasteiger charge is 2.28. The standard InChI is InChI=1S/C16H9ClF2N2O4/c17-12-7-13-10(6-14(12)21(23)24)11(15(22)20-13)5-8-1-3-9(4-2-8)25-16(18)19/h1-7,16H,(H,20,22)/b11-5-. The summed E-state index contributed by atoms with van der Waals surface area (Å²) < 4.78 is 28.5. The molecular weight excluding hydrogens is 358 g/mol. The quantitative estimate of drug-likeness (QED) is 0.495. The van der Waals surface area contributed by atoms with Crippen molar-refractivity contribution in [3.63, 3.8) is 0 Å². The Hall–Kier alpha value is -3.00. The Morgan fingerprint density at radius 3 is 2.52 bits per heavy atom. The van der Waals surface area contributed by atoms with Crippen LogP contribution in [0.3, 0.4) is 0 Å². The van der Waals surface area contributed by atoms with Gasteiger partial charge in [-0.05, 0) is 29.8 Å². The predicted molar refractivity (Wildman–Crippen MR) is 87.7 cm³/mol. The molecule has 25 heavy (non-hydrogen) atoms. The van der Waals surface area contributed by atoms with Crippen LogP contribution in [0.25, 0.3) is 11.6 Å². The lowest BCUT2D eigenvalue weighted by Gasteiger charge is -2.04. The summed E-state index contributed by atoms with van der Waals surface area (Å²) in [5.41, 5.74) is 1.14. The van der Waals surface area contributed by atoms with Crippen LogP contribution < -0.4 is 10.1 Å². The average molecular weight is 367 g/mol. The molecule has 1 aliphatic heterocycles. The van der Waals surface area contributed by atoms with Gasteiger partial charge in [-0.1, -0.05) is 23.7 Å². The minimum Gasteiger partial charge on any atom is -0.435 e. The third-order valence-electron chi connectivity index (χ3n) is 3.48. The van der Waals surface area contributed by atoms with Gasteiger partial charge >= 0.3 is 6.61 Å². The summed E-state index contributed by atoms with van der Waals surface area (Å²) in [4.78, 5) is 22.5. The van der Waals surface area contributed by atoms with E-state index >= 15 is 0 Å². The lowest BCUT2D eigenvalue weighted by molar-refractivity contribution is -0.384. The summed E-state index contributed by atoms with van der Waals surface area (Å²) in [6.07, 6.45) is 1.49. The van der Waals surface area contributed by atoms with Crippen LogP contribution in [0.1, 0.15) is 11.1 Å². The zero-order valence-corrected chi connectivity index (χ0v) is 13.1. The van der Waals surface area contributed by atoms with Crippen LogP contribution in [-0.2, 0) is 4.79 Å². The smallest absolute Gasteiger partial charge is 0.387 e. The highest BCUT2D eigenvalue weighted by Crippen LogP contribution is 2.39. The first-order valence-electron chi connectivity index (χ1n) is 6.91. The summed E-state index contributed by atoms with van der Waals surface area (Å²) in [5, 5.41) is 13.5. The number of carbonyl (C=O) groups excluding carboxylic acids is 1. The van der Waals surface area contributed by atoms with Crippen LogP contribution in [0, 0.1) is 10.1 Å². The van der Waals surface area contributed by atoms with Gasteiger partial charge in [0.1, 0.15) is 10.8 Å². The van der Waals surface area contributed by atoms with E-state index in [0.29, 0.717) is 16.8 Å². The number of hydrogen-bond donors (Lipinski definition) is 1. The molecular formula is C16H9ClF2N2O4. The molecule has 0 fully saturated rings. The Labute approximate surface area is 144 Å². The number of nitrogens with zero attached hydrogens (tertiary/aromatic N) is 1. The molecule has 0 aromatic heterocycles. The highest BCUT2D eigenvalue weighted by atomic mass is 35.5. The maximum absolute atomic E-state index is 12.1. The van der Waals surface area contributed by atoms with Crippen molar-refractivity contribution in [1.29, 1.82) is 0 Å². The van der Waals surface area contributed by atoms with Gasteiger partial charge in [-0.3, -0.25) is 14.9 Å². The van der Waals surface area contributed by atoms with Gasteiger partial charge in [-0.25, -0.2) is 0 Å². The molecule has 1 heterocycles. The van der Waals surface area contributed by atoms with E-state index in [4.69, 9.17) is 11.6 Å². The Bertz CT molecular complexity index is 898. The Morgan fingerprint density at radius 1 is 1.24 bits per heavy atom. The second-order valence-electron chi connectivity index (χ2n) is 5.07. The summed E-state index contributed by atoms with van der Waals surface area (Å²) >= 11 is 5.83. The van der Waals surface area contributed by atoms with Crippen molar-refractivity contribution in [2.24, 2.45) is 0 Å². The maximum Gasteiger partial charge on any atom is 0.387 e. The van der Waals surface area contributed by atoms with Gasteiger partial charge in [0, 0.05) is 17.2 Å². The van der Waals surface area contributed by atoms with E-state index < -0.39 is 17.4 Å². The molecule has 0 atom stereocenters. The monoisotopic (exact) mass is 366 g/mol. The van der Waals surface area contributed by atoms with E-state index in [1.807, 2.05) is 0 Å². The van der Waals surface area contributed by atoms with Gasteiger partial charge in [0.2, 0.25) is 0 Å². The lowest BCUT2D eigenvalue weighted by atomic mass is 10.0. The number of nitro groups is 1. The van der Waals surface area contributed by atoms with Crippen LogP contribution in [0.5, 0.6) is 5.75 Å². The van der Waals surface area contributed by atoms with Crippen molar-refractivity contribution >= 4 is 40.5 Å². The number of carbonyl (C=O) groups is 1. The van der Waals surface area contributed by atoms with E-state index in [9.17, 15) is 23.7 Å². The molecule has 2 aromatic rings. The fourth-order valence-electron chi connectivity index (χ4n) is 2.40. The number of rotatable bonds is 4. The van der Waals surface area contributed by atoms with Gasteiger partial charge in [0.05, 0.1) is 10.6 Å². The molecule has 3 rings (SSSR count). The van der Waals surface area contributed by atoms with E-state index in [0.717, 1.165) is 0 Å². The molecule has 0 aliphatic carbocycles. The normalized spacial score (nSPS) is 14.6. The summed E-state index contributed by atoms with van der Waals surface area (Å²) in [7, 11) is 0. The van der Waals surface area contributed by atoms with Crippen molar-refractivity contribution in [3.8, 4) is 5.75 Å². The van der Waals surface area contributed by atoms with Crippen LogP contribution in [0.15, 0.2) is 36.4 Å². The van der Waals surface area contributed by atoms with Gasteiger partial charge in [-0.2, -0.15) is 8.78 Å². The molecule has 1 N–H and O–H groups in total. The number of nitrogens with one attached hydrogen (secondary N) is 1. The number of amides is 1. The van der Waals surface area contributed by atoms with Crippen molar-refractivity contribution < 1.29 is 23.2 Å². The van der Waals surface area contributed by atoms with E-state index in [1.165, 1.54) is 42.5 Å². The zero-order chi connectivity index (χ0) is 18.1.